The predicted molar refractivity (Wildman–Crippen MR) is 56.2 cm³/mol. The van der Waals surface area contributed by atoms with Gasteiger partial charge in [0.25, 0.3) is 0 Å². The molecule has 0 aromatic heterocycles. The first kappa shape index (κ1) is 13.3. The maximum Gasteiger partial charge on any atom is 0.338 e. The van der Waals surface area contributed by atoms with Crippen LogP contribution in [0.25, 0.3) is 0 Å². The maximum atomic E-state index is 12.8. The van der Waals surface area contributed by atoms with E-state index in [1.807, 2.05) is 0 Å². The lowest BCUT2D eigenvalue weighted by molar-refractivity contribution is 0.0599. The number of methoxy groups -OCH3 is 1. The van der Waals surface area contributed by atoms with E-state index in [0.29, 0.717) is 6.29 Å². The average Bonchev–Trinajstić information content (AvgIpc) is 2.26. The molecular formula is C10H9FO5S. The summed E-state index contributed by atoms with van der Waals surface area (Å²) in [5.74, 6) is -0.837. The fraction of sp³-hybridized carbons (Fsp3) is 0.200. The standard InChI is InChI=1S/C10H9FO5S/c1-6-7(5-12)3-8(17(11,14)15)4-9(6)10(13)16-2/h3-5H,1-2H3. The molecule has 0 unspecified atom stereocenters. The number of carbonyl (C=O) groups excluding carboxylic acids is 2. The second-order valence-electron chi connectivity index (χ2n) is 3.23. The van der Waals surface area contributed by atoms with Crippen molar-refractivity contribution >= 4 is 22.5 Å². The Bertz CT molecular complexity index is 577. The van der Waals surface area contributed by atoms with Crippen LogP contribution in [0.15, 0.2) is 17.0 Å². The molecule has 0 atom stereocenters. The summed E-state index contributed by atoms with van der Waals surface area (Å²) in [6.07, 6.45) is 0.344. The number of halogens is 1. The fourth-order valence-electron chi connectivity index (χ4n) is 1.29. The van der Waals surface area contributed by atoms with Gasteiger partial charge in [-0.15, -0.1) is 3.89 Å². The molecular weight excluding hydrogens is 251 g/mol. The Morgan fingerprint density at radius 2 is 2.00 bits per heavy atom. The summed E-state index contributed by atoms with van der Waals surface area (Å²) < 4.78 is 38.7. The zero-order chi connectivity index (χ0) is 13.2. The van der Waals surface area contributed by atoms with Crippen LogP contribution in [-0.2, 0) is 15.0 Å². The smallest absolute Gasteiger partial charge is 0.338 e. The predicted octanol–water partition coefficient (Wildman–Crippen LogP) is 1.25. The van der Waals surface area contributed by atoms with Crippen molar-refractivity contribution in [2.75, 3.05) is 7.11 Å². The van der Waals surface area contributed by atoms with Crippen LogP contribution in [0.3, 0.4) is 0 Å². The normalized spacial score (nSPS) is 11.0. The van der Waals surface area contributed by atoms with E-state index in [9.17, 15) is 21.9 Å². The van der Waals surface area contributed by atoms with Crippen LogP contribution in [0.1, 0.15) is 26.3 Å². The number of carbonyl (C=O) groups is 2. The summed E-state index contributed by atoms with van der Waals surface area (Å²) in [6, 6.07) is 1.70. The molecule has 1 aromatic rings. The molecule has 5 nitrogen and oxygen atoms in total. The Labute approximate surface area is 97.4 Å². The van der Waals surface area contributed by atoms with Gasteiger partial charge in [0.05, 0.1) is 12.7 Å². The second-order valence-corrected chi connectivity index (χ2v) is 4.58. The lowest BCUT2D eigenvalue weighted by Gasteiger charge is -2.07. The third kappa shape index (κ3) is 2.68. The van der Waals surface area contributed by atoms with Gasteiger partial charge < -0.3 is 4.74 Å². The Balaban J connectivity index is 3.61. The van der Waals surface area contributed by atoms with Gasteiger partial charge in [-0.2, -0.15) is 8.42 Å². The highest BCUT2D eigenvalue weighted by Crippen LogP contribution is 2.21. The van der Waals surface area contributed by atoms with Crippen LogP contribution in [0, 0.1) is 6.92 Å². The fourth-order valence-corrected chi connectivity index (χ4v) is 1.82. The van der Waals surface area contributed by atoms with Crippen LogP contribution in [0.5, 0.6) is 0 Å². The Morgan fingerprint density at radius 3 is 2.41 bits per heavy atom. The van der Waals surface area contributed by atoms with Crippen molar-refractivity contribution in [3.63, 3.8) is 0 Å². The van der Waals surface area contributed by atoms with Gasteiger partial charge in [0, 0.05) is 5.56 Å². The highest BCUT2D eigenvalue weighted by atomic mass is 32.3. The number of hydrogen-bond acceptors (Lipinski definition) is 5. The van der Waals surface area contributed by atoms with E-state index in [0.717, 1.165) is 19.2 Å². The third-order valence-electron chi connectivity index (χ3n) is 2.24. The van der Waals surface area contributed by atoms with E-state index in [4.69, 9.17) is 0 Å². The molecule has 0 amide bonds. The van der Waals surface area contributed by atoms with Crippen LogP contribution >= 0.6 is 0 Å². The molecule has 0 aliphatic carbocycles. The second kappa shape index (κ2) is 4.62. The monoisotopic (exact) mass is 260 g/mol. The van der Waals surface area contributed by atoms with Gasteiger partial charge in [0.2, 0.25) is 0 Å². The molecule has 0 aliphatic rings. The van der Waals surface area contributed by atoms with Crippen LogP contribution in [-0.4, -0.2) is 27.8 Å². The number of ether oxygens (including phenoxy) is 1. The van der Waals surface area contributed by atoms with Gasteiger partial charge in [-0.25, -0.2) is 4.79 Å². The van der Waals surface area contributed by atoms with Crippen molar-refractivity contribution in [1.82, 2.24) is 0 Å². The topological polar surface area (TPSA) is 77.5 Å². The lowest BCUT2D eigenvalue weighted by atomic mass is 10.0. The Kier molecular flexibility index (Phi) is 3.62. The number of rotatable bonds is 3. The summed E-state index contributed by atoms with van der Waals surface area (Å²) in [5.41, 5.74) is -0.00306. The highest BCUT2D eigenvalue weighted by molar-refractivity contribution is 7.86. The van der Waals surface area contributed by atoms with Crippen molar-refractivity contribution < 1.29 is 26.6 Å². The minimum absolute atomic E-state index is 0.0795. The molecule has 0 saturated carbocycles. The molecule has 0 spiro atoms. The third-order valence-corrected chi connectivity index (χ3v) is 3.03. The first-order valence-corrected chi connectivity index (χ1v) is 5.82. The SMILES string of the molecule is COC(=O)c1cc(S(=O)(=O)F)cc(C=O)c1C. The van der Waals surface area contributed by atoms with Gasteiger partial charge in [-0.1, -0.05) is 0 Å². The van der Waals surface area contributed by atoms with E-state index < -0.39 is 21.1 Å². The first-order valence-electron chi connectivity index (χ1n) is 4.44. The average molecular weight is 260 g/mol. The molecule has 17 heavy (non-hydrogen) atoms. The molecule has 92 valence electrons. The molecule has 0 saturated heterocycles. The first-order chi connectivity index (χ1) is 7.81. The summed E-state index contributed by atoms with van der Waals surface area (Å²) in [5, 5.41) is 0. The molecule has 1 aromatic carbocycles. The highest BCUT2D eigenvalue weighted by Gasteiger charge is 2.20. The van der Waals surface area contributed by atoms with Crippen molar-refractivity contribution in [1.29, 1.82) is 0 Å². The molecule has 0 aliphatic heterocycles. The summed E-state index contributed by atoms with van der Waals surface area (Å²) in [4.78, 5) is 21.3. The van der Waals surface area contributed by atoms with Crippen LogP contribution in [0.2, 0.25) is 0 Å². The van der Waals surface area contributed by atoms with Gasteiger partial charge >= 0.3 is 16.2 Å². The van der Waals surface area contributed by atoms with E-state index in [-0.39, 0.29) is 16.7 Å². The quantitative estimate of drug-likeness (QED) is 0.464. The van der Waals surface area contributed by atoms with E-state index in [1.165, 1.54) is 6.92 Å². The molecule has 0 radical (unpaired) electrons. The number of esters is 1. The molecule has 0 heterocycles. The Morgan fingerprint density at radius 1 is 1.41 bits per heavy atom. The molecule has 0 bridgehead atoms. The molecule has 1 rings (SSSR count). The van der Waals surface area contributed by atoms with Crippen LogP contribution < -0.4 is 0 Å². The van der Waals surface area contributed by atoms with E-state index >= 15 is 0 Å². The van der Waals surface area contributed by atoms with Gasteiger partial charge in [0.15, 0.2) is 0 Å². The number of hydrogen-bond donors (Lipinski definition) is 0. The Hall–Kier alpha value is -1.76. The largest absolute Gasteiger partial charge is 0.465 e. The minimum Gasteiger partial charge on any atom is -0.465 e. The summed E-state index contributed by atoms with van der Waals surface area (Å²) in [7, 11) is -3.89. The molecule has 7 heteroatoms. The lowest BCUT2D eigenvalue weighted by Crippen LogP contribution is -2.08. The molecule has 0 fully saturated rings. The maximum absolute atomic E-state index is 12.8. The van der Waals surface area contributed by atoms with Crippen molar-refractivity contribution in [3.05, 3.63) is 28.8 Å². The van der Waals surface area contributed by atoms with Crippen molar-refractivity contribution in [2.24, 2.45) is 0 Å². The summed E-state index contributed by atoms with van der Waals surface area (Å²) in [6.45, 7) is 1.44. The zero-order valence-electron chi connectivity index (χ0n) is 9.06. The summed E-state index contributed by atoms with van der Waals surface area (Å²) >= 11 is 0. The van der Waals surface area contributed by atoms with Crippen LogP contribution in [0.4, 0.5) is 3.89 Å². The van der Waals surface area contributed by atoms with Gasteiger partial charge in [0.1, 0.15) is 11.2 Å². The van der Waals surface area contributed by atoms with E-state index in [2.05, 4.69) is 4.74 Å². The zero-order valence-corrected chi connectivity index (χ0v) is 9.88. The van der Waals surface area contributed by atoms with Gasteiger partial charge in [-0.05, 0) is 24.6 Å². The van der Waals surface area contributed by atoms with Crippen molar-refractivity contribution in [2.45, 2.75) is 11.8 Å². The number of aldehydes is 1. The van der Waals surface area contributed by atoms with Gasteiger partial charge in [-0.3, -0.25) is 4.79 Å². The van der Waals surface area contributed by atoms with Crippen molar-refractivity contribution in [3.8, 4) is 0 Å². The van der Waals surface area contributed by atoms with E-state index in [1.54, 1.807) is 0 Å². The minimum atomic E-state index is -4.98. The molecule has 0 N–H and O–H groups in total. The number of benzene rings is 1.